The first kappa shape index (κ1) is 17.3. The average Bonchev–Trinajstić information content (AvgIpc) is 3.00. The second kappa shape index (κ2) is 7.44. The fourth-order valence-corrected chi connectivity index (χ4v) is 3.39. The third kappa shape index (κ3) is 4.44. The first-order valence-corrected chi connectivity index (χ1v) is 9.10. The van der Waals surface area contributed by atoms with E-state index in [9.17, 15) is 13.2 Å². The van der Waals surface area contributed by atoms with Gasteiger partial charge < -0.3 is 0 Å². The Kier molecular flexibility index (Phi) is 5.59. The van der Waals surface area contributed by atoms with Crippen molar-refractivity contribution in [3.63, 3.8) is 0 Å². The van der Waals surface area contributed by atoms with Gasteiger partial charge in [-0.25, -0.2) is 13.1 Å². The molecule has 0 bridgehead atoms. The quantitative estimate of drug-likeness (QED) is 0.740. The van der Waals surface area contributed by atoms with Gasteiger partial charge in [0.1, 0.15) is 5.01 Å². The van der Waals surface area contributed by atoms with E-state index in [0.29, 0.717) is 5.13 Å². The summed E-state index contributed by atoms with van der Waals surface area (Å²) in [4.78, 5) is 12.2. The van der Waals surface area contributed by atoms with Gasteiger partial charge in [0, 0.05) is 12.1 Å². The number of amides is 1. The Morgan fingerprint density at radius 2 is 2.17 bits per heavy atom. The minimum Gasteiger partial charge on any atom is -0.296 e. The minimum absolute atomic E-state index is 0.0125. The monoisotopic (exact) mass is 352 g/mol. The molecular formula is C14H16N4O3S2. The molecule has 0 unspecified atom stereocenters. The molecular weight excluding hydrogens is 336 g/mol. The lowest BCUT2D eigenvalue weighted by atomic mass is 10.2. The highest BCUT2D eigenvalue weighted by atomic mass is 32.2. The van der Waals surface area contributed by atoms with Crippen LogP contribution in [0.15, 0.2) is 41.8 Å². The number of nitrogens with zero attached hydrogens (tertiary/aromatic N) is 2. The van der Waals surface area contributed by atoms with Crippen molar-refractivity contribution < 1.29 is 13.2 Å². The number of nitrogens with one attached hydrogen (secondary N) is 2. The first-order valence-electron chi connectivity index (χ1n) is 6.80. The zero-order valence-corrected chi connectivity index (χ0v) is 14.1. The van der Waals surface area contributed by atoms with Crippen LogP contribution < -0.4 is 10.0 Å². The highest BCUT2D eigenvalue weighted by Gasteiger charge is 2.16. The van der Waals surface area contributed by atoms with Gasteiger partial charge in [-0.05, 0) is 24.6 Å². The summed E-state index contributed by atoms with van der Waals surface area (Å²) in [7, 11) is -3.68. The van der Waals surface area contributed by atoms with E-state index >= 15 is 0 Å². The smallest absolute Gasteiger partial charge is 0.257 e. The van der Waals surface area contributed by atoms with Crippen LogP contribution in [0, 0.1) is 0 Å². The molecule has 1 amide bonds. The number of benzene rings is 1. The third-order valence-corrected chi connectivity index (χ3v) is 5.22. The van der Waals surface area contributed by atoms with Gasteiger partial charge in [0.25, 0.3) is 5.91 Å². The number of hydrogen-bond acceptors (Lipinski definition) is 6. The molecule has 1 aromatic heterocycles. The van der Waals surface area contributed by atoms with Crippen LogP contribution >= 0.6 is 11.3 Å². The van der Waals surface area contributed by atoms with Gasteiger partial charge in [-0.15, -0.1) is 16.8 Å². The maximum Gasteiger partial charge on any atom is 0.257 e. The van der Waals surface area contributed by atoms with Crippen LogP contribution in [-0.2, 0) is 16.4 Å². The Morgan fingerprint density at radius 1 is 1.39 bits per heavy atom. The molecule has 0 spiro atoms. The van der Waals surface area contributed by atoms with Crippen molar-refractivity contribution in [3.8, 4) is 0 Å². The van der Waals surface area contributed by atoms with Gasteiger partial charge in [-0.2, -0.15) is 0 Å². The molecule has 0 fully saturated rings. The van der Waals surface area contributed by atoms with Crippen LogP contribution in [0.2, 0.25) is 0 Å². The van der Waals surface area contributed by atoms with Gasteiger partial charge in [0.05, 0.1) is 4.90 Å². The molecule has 2 N–H and O–H groups in total. The maximum absolute atomic E-state index is 12.2. The molecule has 9 heteroatoms. The van der Waals surface area contributed by atoms with Gasteiger partial charge in [-0.1, -0.05) is 30.4 Å². The number of rotatable bonds is 7. The highest BCUT2D eigenvalue weighted by molar-refractivity contribution is 7.89. The Hall–Kier alpha value is -2.10. The molecule has 0 aliphatic carbocycles. The highest BCUT2D eigenvalue weighted by Crippen LogP contribution is 2.17. The van der Waals surface area contributed by atoms with E-state index in [2.05, 4.69) is 26.8 Å². The topological polar surface area (TPSA) is 101 Å². The van der Waals surface area contributed by atoms with Crippen molar-refractivity contribution in [2.75, 3.05) is 11.9 Å². The molecule has 0 radical (unpaired) electrons. The van der Waals surface area contributed by atoms with E-state index in [4.69, 9.17) is 0 Å². The molecule has 0 saturated carbocycles. The molecule has 0 saturated heterocycles. The summed E-state index contributed by atoms with van der Waals surface area (Å²) >= 11 is 1.28. The molecule has 2 aromatic rings. The van der Waals surface area contributed by atoms with Gasteiger partial charge in [-0.3, -0.25) is 10.1 Å². The molecule has 2 rings (SSSR count). The molecule has 23 heavy (non-hydrogen) atoms. The summed E-state index contributed by atoms with van der Waals surface area (Å²) in [5, 5.41) is 11.6. The summed E-state index contributed by atoms with van der Waals surface area (Å²) in [5.41, 5.74) is 0.222. The molecule has 0 atom stereocenters. The number of hydrogen-bond donors (Lipinski definition) is 2. The van der Waals surface area contributed by atoms with Crippen LogP contribution in [0.25, 0.3) is 0 Å². The van der Waals surface area contributed by atoms with E-state index in [1.807, 2.05) is 6.92 Å². The Bertz CT molecular complexity index is 815. The van der Waals surface area contributed by atoms with Crippen LogP contribution in [0.3, 0.4) is 0 Å². The van der Waals surface area contributed by atoms with E-state index in [1.165, 1.54) is 41.7 Å². The van der Waals surface area contributed by atoms with Crippen molar-refractivity contribution in [2.24, 2.45) is 0 Å². The van der Waals surface area contributed by atoms with Crippen molar-refractivity contribution in [1.29, 1.82) is 0 Å². The van der Waals surface area contributed by atoms with E-state index in [-0.39, 0.29) is 17.0 Å². The second-order valence-electron chi connectivity index (χ2n) is 4.48. The summed E-state index contributed by atoms with van der Waals surface area (Å²) < 4.78 is 26.5. The van der Waals surface area contributed by atoms with Crippen molar-refractivity contribution in [3.05, 3.63) is 47.5 Å². The normalized spacial score (nSPS) is 11.2. The number of anilines is 1. The SMILES string of the molecule is C=CCNS(=O)(=O)c1cccc(C(=O)Nc2nnc(CC)s2)c1. The zero-order valence-electron chi connectivity index (χ0n) is 12.4. The summed E-state index contributed by atoms with van der Waals surface area (Å²) in [6, 6.07) is 5.77. The maximum atomic E-state index is 12.2. The lowest BCUT2D eigenvalue weighted by Gasteiger charge is -2.06. The molecule has 122 valence electrons. The predicted molar refractivity (Wildman–Crippen MR) is 89.1 cm³/mol. The standard InChI is InChI=1S/C14H16N4O3S2/c1-3-8-15-23(20,21)11-7-5-6-10(9-11)13(19)16-14-18-17-12(4-2)22-14/h3,5-7,9,15H,1,4,8H2,2H3,(H,16,18,19). The Morgan fingerprint density at radius 3 is 2.83 bits per heavy atom. The first-order chi connectivity index (χ1) is 11.0. The van der Waals surface area contributed by atoms with Crippen LogP contribution in [0.4, 0.5) is 5.13 Å². The number of aromatic nitrogens is 2. The van der Waals surface area contributed by atoms with E-state index in [0.717, 1.165) is 11.4 Å². The predicted octanol–water partition coefficient (Wildman–Crippen LogP) is 1.82. The van der Waals surface area contributed by atoms with Gasteiger partial charge >= 0.3 is 0 Å². The van der Waals surface area contributed by atoms with Crippen molar-refractivity contribution in [2.45, 2.75) is 18.2 Å². The summed E-state index contributed by atoms with van der Waals surface area (Å²) in [6.45, 7) is 5.51. The van der Waals surface area contributed by atoms with Crippen molar-refractivity contribution in [1.82, 2.24) is 14.9 Å². The molecule has 0 aliphatic heterocycles. The average molecular weight is 352 g/mol. The summed E-state index contributed by atoms with van der Waals surface area (Å²) in [6.07, 6.45) is 2.17. The largest absolute Gasteiger partial charge is 0.296 e. The van der Waals surface area contributed by atoms with E-state index < -0.39 is 15.9 Å². The van der Waals surface area contributed by atoms with Gasteiger partial charge in [0.2, 0.25) is 15.2 Å². The van der Waals surface area contributed by atoms with E-state index in [1.54, 1.807) is 0 Å². The molecule has 0 aliphatic rings. The lowest BCUT2D eigenvalue weighted by molar-refractivity contribution is 0.102. The second-order valence-corrected chi connectivity index (χ2v) is 7.31. The third-order valence-electron chi connectivity index (χ3n) is 2.81. The number of aryl methyl sites for hydroxylation is 1. The van der Waals surface area contributed by atoms with Crippen molar-refractivity contribution >= 4 is 32.4 Å². The number of carbonyl (C=O) groups is 1. The minimum atomic E-state index is -3.68. The number of sulfonamides is 1. The Balaban J connectivity index is 2.18. The lowest BCUT2D eigenvalue weighted by Crippen LogP contribution is -2.24. The number of carbonyl (C=O) groups excluding carboxylic acids is 1. The van der Waals surface area contributed by atoms with Gasteiger partial charge in [0.15, 0.2) is 0 Å². The molecule has 7 nitrogen and oxygen atoms in total. The fraction of sp³-hybridized carbons (Fsp3) is 0.214. The zero-order chi connectivity index (χ0) is 16.9. The van der Waals surface area contributed by atoms with Crippen LogP contribution in [0.1, 0.15) is 22.3 Å². The van der Waals surface area contributed by atoms with Crippen LogP contribution in [-0.4, -0.2) is 31.1 Å². The van der Waals surface area contributed by atoms with Crippen LogP contribution in [0.5, 0.6) is 0 Å². The molecule has 1 aromatic carbocycles. The Labute approximate surface area is 138 Å². The summed E-state index contributed by atoms with van der Waals surface area (Å²) in [5.74, 6) is -0.440. The molecule has 1 heterocycles. The fourth-order valence-electron chi connectivity index (χ4n) is 1.67.